The fourth-order valence-corrected chi connectivity index (χ4v) is 6.62. The second-order valence-corrected chi connectivity index (χ2v) is 11.1. The van der Waals surface area contributed by atoms with Gasteiger partial charge in [-0.1, -0.05) is 59.9 Å². The molecule has 0 fully saturated rings. The number of carbonyl (C=O) groups excluding carboxylic acids is 2. The zero-order chi connectivity index (χ0) is 28.8. The Bertz CT molecular complexity index is 1920. The van der Waals surface area contributed by atoms with Gasteiger partial charge in [-0.3, -0.25) is 19.0 Å². The molecular weight excluding hydrogens is 536 g/mol. The predicted molar refractivity (Wildman–Crippen MR) is 160 cm³/mol. The van der Waals surface area contributed by atoms with Crippen molar-refractivity contribution in [3.8, 4) is 5.75 Å². The largest absolute Gasteiger partial charge is 0.497 e. The molecule has 41 heavy (non-hydrogen) atoms. The Morgan fingerprint density at radius 3 is 2.46 bits per heavy atom. The molecule has 206 valence electrons. The monoisotopic (exact) mass is 564 g/mol. The molecule has 0 unspecified atom stereocenters. The van der Waals surface area contributed by atoms with E-state index >= 15 is 0 Å². The van der Waals surface area contributed by atoms with Gasteiger partial charge in [0.25, 0.3) is 17.4 Å². The number of anilines is 2. The zero-order valence-corrected chi connectivity index (χ0v) is 23.9. The van der Waals surface area contributed by atoms with E-state index in [1.807, 2.05) is 80.6 Å². The first-order valence-electron chi connectivity index (χ1n) is 13.3. The smallest absolute Gasteiger partial charge is 0.271 e. The zero-order valence-electron chi connectivity index (χ0n) is 23.0. The second kappa shape index (κ2) is 10.3. The molecule has 2 aliphatic rings. The quantitative estimate of drug-likeness (QED) is 0.397. The number of amides is 2. The lowest BCUT2D eigenvalue weighted by atomic mass is 9.95. The number of carbonyl (C=O) groups is 2. The average Bonchev–Trinajstić information content (AvgIpc) is 3.44. The summed E-state index contributed by atoms with van der Waals surface area (Å²) in [5, 5.41) is 2.95. The molecule has 0 spiro atoms. The Morgan fingerprint density at radius 2 is 1.73 bits per heavy atom. The summed E-state index contributed by atoms with van der Waals surface area (Å²) in [4.78, 5) is 48.8. The molecule has 1 N–H and O–H groups in total. The highest BCUT2D eigenvalue weighted by atomic mass is 32.1. The Hall–Kier alpha value is -4.76. The number of hydrogen-bond donors (Lipinski definition) is 1. The number of methoxy groups -OCH3 is 1. The van der Waals surface area contributed by atoms with Gasteiger partial charge in [0, 0.05) is 17.3 Å². The van der Waals surface area contributed by atoms with Crippen molar-refractivity contribution in [1.82, 2.24) is 4.57 Å². The highest BCUT2D eigenvalue weighted by molar-refractivity contribution is 7.07. The highest BCUT2D eigenvalue weighted by Gasteiger charge is 2.38. The van der Waals surface area contributed by atoms with Crippen LogP contribution in [-0.2, 0) is 9.59 Å². The number of thiazole rings is 1. The summed E-state index contributed by atoms with van der Waals surface area (Å²) in [5.41, 5.74) is 3.63. The lowest BCUT2D eigenvalue weighted by Gasteiger charge is -2.25. The molecule has 2 aliphatic heterocycles. The third kappa shape index (κ3) is 4.38. The number of nitrogens with one attached hydrogen (secondary N) is 1. The molecule has 1 aromatic heterocycles. The molecule has 3 aromatic carbocycles. The van der Waals surface area contributed by atoms with Crippen LogP contribution >= 0.6 is 11.3 Å². The van der Waals surface area contributed by atoms with E-state index in [9.17, 15) is 14.4 Å². The van der Waals surface area contributed by atoms with E-state index in [2.05, 4.69) is 5.32 Å². The van der Waals surface area contributed by atoms with Gasteiger partial charge in [-0.05, 0) is 56.7 Å². The van der Waals surface area contributed by atoms with Gasteiger partial charge < -0.3 is 15.0 Å². The topological polar surface area (TPSA) is 93.0 Å². The molecule has 4 aromatic rings. The van der Waals surface area contributed by atoms with Crippen LogP contribution < -0.4 is 29.8 Å². The average molecular weight is 565 g/mol. The van der Waals surface area contributed by atoms with Gasteiger partial charge in [0.15, 0.2) is 4.80 Å². The summed E-state index contributed by atoms with van der Waals surface area (Å²) in [6.45, 7) is 5.66. The molecule has 3 heterocycles. The van der Waals surface area contributed by atoms with Crippen molar-refractivity contribution in [2.75, 3.05) is 17.3 Å². The molecule has 1 atom stereocenters. The Labute approximate surface area is 240 Å². The summed E-state index contributed by atoms with van der Waals surface area (Å²) < 4.78 is 7.31. The SMILES string of the molecule is COc1cccc([C@@H]2C(C(=O)Nc3ccccc3)=C(C)N=c3s/c(=C4/C(=O)N(C(C)C)c5ccccc54)c(=O)n32)c1. The number of allylic oxidation sites excluding steroid dienone is 1. The van der Waals surface area contributed by atoms with Crippen LogP contribution in [0.5, 0.6) is 5.75 Å². The van der Waals surface area contributed by atoms with Crippen molar-refractivity contribution in [2.45, 2.75) is 32.9 Å². The second-order valence-electron chi connectivity index (χ2n) is 10.2. The van der Waals surface area contributed by atoms with Crippen molar-refractivity contribution >= 4 is 40.1 Å². The van der Waals surface area contributed by atoms with E-state index in [-0.39, 0.29) is 23.4 Å². The number of ether oxygens (including phenoxy) is 1. The first-order valence-corrected chi connectivity index (χ1v) is 14.1. The molecule has 6 rings (SSSR count). The first kappa shape index (κ1) is 26.5. The van der Waals surface area contributed by atoms with Crippen LogP contribution in [-0.4, -0.2) is 29.5 Å². The standard InChI is InChI=1S/C32H28N4O4S/c1-18(2)35-24-16-9-8-15-23(24)26(30(35)38)28-31(39)36-27(20-11-10-14-22(17-20)40-4)25(19(3)33-32(36)41-28)29(37)34-21-12-6-5-7-13-21/h5-18,27H,1-4H3,(H,34,37)/b28-26+/t27-/m1/s1. The first-order chi connectivity index (χ1) is 19.8. The van der Waals surface area contributed by atoms with Gasteiger partial charge in [-0.15, -0.1) is 0 Å². The lowest BCUT2D eigenvalue weighted by molar-refractivity contribution is -0.114. The molecule has 0 radical (unpaired) electrons. The van der Waals surface area contributed by atoms with Crippen LogP contribution in [0.15, 0.2) is 99.9 Å². The molecule has 0 bridgehead atoms. The van der Waals surface area contributed by atoms with Gasteiger partial charge in [0.05, 0.1) is 35.7 Å². The Morgan fingerprint density at radius 1 is 1.00 bits per heavy atom. The Kier molecular flexibility index (Phi) is 6.67. The van der Waals surface area contributed by atoms with Crippen molar-refractivity contribution in [1.29, 1.82) is 0 Å². The fraction of sp³-hybridized carbons (Fsp3) is 0.188. The number of rotatable bonds is 5. The number of aromatic nitrogens is 1. The maximum atomic E-state index is 14.3. The minimum Gasteiger partial charge on any atom is -0.497 e. The van der Waals surface area contributed by atoms with E-state index in [0.717, 1.165) is 5.69 Å². The van der Waals surface area contributed by atoms with Crippen LogP contribution in [0.25, 0.3) is 5.57 Å². The maximum absolute atomic E-state index is 14.3. The molecule has 2 amide bonds. The van der Waals surface area contributed by atoms with Gasteiger partial charge in [0.1, 0.15) is 10.3 Å². The van der Waals surface area contributed by atoms with Crippen LogP contribution in [0.1, 0.15) is 37.9 Å². The predicted octanol–water partition coefficient (Wildman–Crippen LogP) is 4.01. The van der Waals surface area contributed by atoms with E-state index in [1.165, 1.54) is 15.9 Å². The van der Waals surface area contributed by atoms with Gasteiger partial charge in [-0.25, -0.2) is 4.99 Å². The van der Waals surface area contributed by atoms with E-state index < -0.39 is 6.04 Å². The minimum atomic E-state index is -0.785. The third-order valence-electron chi connectivity index (χ3n) is 7.29. The lowest BCUT2D eigenvalue weighted by Crippen LogP contribution is -2.41. The van der Waals surface area contributed by atoms with E-state index in [4.69, 9.17) is 9.73 Å². The summed E-state index contributed by atoms with van der Waals surface area (Å²) in [6, 6.07) is 23.1. The summed E-state index contributed by atoms with van der Waals surface area (Å²) in [5.74, 6) is 0.0102. The van der Waals surface area contributed by atoms with Crippen molar-refractivity contribution in [3.63, 3.8) is 0 Å². The van der Waals surface area contributed by atoms with Crippen LogP contribution in [0.2, 0.25) is 0 Å². The summed E-state index contributed by atoms with van der Waals surface area (Å²) in [7, 11) is 1.57. The van der Waals surface area contributed by atoms with Crippen LogP contribution in [0.3, 0.4) is 0 Å². The van der Waals surface area contributed by atoms with Crippen LogP contribution in [0.4, 0.5) is 11.4 Å². The molecule has 0 saturated heterocycles. The van der Waals surface area contributed by atoms with Crippen LogP contribution in [0, 0.1) is 0 Å². The molecule has 0 saturated carbocycles. The number of para-hydroxylation sites is 2. The molecular formula is C32H28N4O4S. The van der Waals surface area contributed by atoms with Gasteiger partial charge in [-0.2, -0.15) is 0 Å². The van der Waals surface area contributed by atoms with Crippen molar-refractivity contribution in [2.24, 2.45) is 4.99 Å². The van der Waals surface area contributed by atoms with E-state index in [0.29, 0.717) is 48.7 Å². The van der Waals surface area contributed by atoms with Crippen molar-refractivity contribution < 1.29 is 14.3 Å². The maximum Gasteiger partial charge on any atom is 0.271 e. The fourth-order valence-electron chi connectivity index (χ4n) is 5.48. The number of nitrogens with zero attached hydrogens (tertiary/aromatic N) is 3. The third-order valence-corrected chi connectivity index (χ3v) is 8.35. The van der Waals surface area contributed by atoms with Crippen molar-refractivity contribution in [3.05, 3.63) is 121 Å². The number of hydrogen-bond acceptors (Lipinski definition) is 6. The molecule has 8 nitrogen and oxygen atoms in total. The van der Waals surface area contributed by atoms with E-state index in [1.54, 1.807) is 31.1 Å². The van der Waals surface area contributed by atoms with Gasteiger partial charge in [0.2, 0.25) is 0 Å². The normalized spacial score (nSPS) is 17.3. The highest BCUT2D eigenvalue weighted by Crippen LogP contribution is 2.37. The number of benzene rings is 3. The molecule has 0 aliphatic carbocycles. The van der Waals surface area contributed by atoms with Gasteiger partial charge >= 0.3 is 0 Å². The number of fused-ring (bicyclic) bond motifs is 2. The summed E-state index contributed by atoms with van der Waals surface area (Å²) in [6.07, 6.45) is 0. The Balaban J connectivity index is 1.60. The minimum absolute atomic E-state index is 0.0927. The summed E-state index contributed by atoms with van der Waals surface area (Å²) >= 11 is 1.17. The molecule has 9 heteroatoms.